The summed E-state index contributed by atoms with van der Waals surface area (Å²) in [5.74, 6) is -0.542. The molecule has 0 aromatic heterocycles. The topological polar surface area (TPSA) is 64.6 Å². The van der Waals surface area contributed by atoms with Crippen LogP contribution in [0, 0.1) is 0 Å². The van der Waals surface area contributed by atoms with Crippen LogP contribution in [0.3, 0.4) is 0 Å². The molecule has 0 aliphatic carbocycles. The average molecular weight is 280 g/mol. The van der Waals surface area contributed by atoms with Gasteiger partial charge in [0.05, 0.1) is 7.11 Å². The number of amides is 1. The van der Waals surface area contributed by atoms with Crippen LogP contribution in [0.25, 0.3) is 0 Å². The van der Waals surface area contributed by atoms with Crippen LogP contribution in [0.2, 0.25) is 0 Å². The maximum Gasteiger partial charge on any atom is 0.408 e. The third-order valence-electron chi connectivity index (χ3n) is 2.43. The highest BCUT2D eigenvalue weighted by Gasteiger charge is 2.25. The van der Waals surface area contributed by atoms with Crippen LogP contribution in [-0.2, 0) is 20.7 Å². The summed E-state index contributed by atoms with van der Waals surface area (Å²) in [5, 5.41) is 2.49. The van der Waals surface area contributed by atoms with Crippen LogP contribution in [0.15, 0.2) is 30.3 Å². The summed E-state index contributed by atoms with van der Waals surface area (Å²) in [6.45, 7) is 3.19. The van der Waals surface area contributed by atoms with Crippen molar-refractivity contribution in [2.75, 3.05) is 7.11 Å². The molecular weight excluding hydrogens is 258 g/mol. The number of benzene rings is 1. The molecular formula is C15H21NO4. The van der Waals surface area contributed by atoms with Gasteiger partial charge in [-0.2, -0.15) is 0 Å². The molecule has 0 bridgehead atoms. The highest BCUT2D eigenvalue weighted by atomic mass is 16.6. The van der Waals surface area contributed by atoms with E-state index in [0.29, 0.717) is 6.42 Å². The van der Waals surface area contributed by atoms with Crippen molar-refractivity contribution in [3.05, 3.63) is 35.9 Å². The van der Waals surface area contributed by atoms with Crippen molar-refractivity contribution in [1.29, 1.82) is 0 Å². The van der Waals surface area contributed by atoms with E-state index < -0.39 is 23.7 Å². The Labute approximate surface area is 120 Å². The van der Waals surface area contributed by atoms with E-state index in [2.05, 4.69) is 5.32 Å². The van der Waals surface area contributed by atoms with Crippen LogP contribution in [0.1, 0.15) is 27.7 Å². The molecule has 0 heterocycles. The fourth-order valence-electron chi connectivity index (χ4n) is 1.61. The normalized spacial score (nSPS) is 13.1. The fourth-order valence-corrected chi connectivity index (χ4v) is 1.61. The number of hydrogen-bond acceptors (Lipinski definition) is 4. The molecule has 1 rings (SSSR count). The number of methoxy groups -OCH3 is 1. The Balaban J connectivity index is 2.71. The Morgan fingerprint density at radius 2 is 2.00 bits per heavy atom. The monoisotopic (exact) mass is 280 g/mol. The molecule has 0 spiro atoms. The van der Waals surface area contributed by atoms with Gasteiger partial charge in [-0.1, -0.05) is 30.3 Å². The lowest BCUT2D eigenvalue weighted by molar-refractivity contribution is -0.143. The predicted octanol–water partition coefficient (Wildman–Crippen LogP) is 2.30. The molecule has 0 saturated heterocycles. The molecule has 110 valence electrons. The summed E-state index contributed by atoms with van der Waals surface area (Å²) in [5.41, 5.74) is -0.00901. The Kier molecular flexibility index (Phi) is 4.98. The largest absolute Gasteiger partial charge is 0.467 e. The second-order valence-corrected chi connectivity index (χ2v) is 5.06. The highest BCUT2D eigenvalue weighted by molar-refractivity contribution is 5.81. The molecule has 5 heteroatoms. The predicted molar refractivity (Wildman–Crippen MR) is 75.3 cm³/mol. The number of hydrogen-bond donors (Lipinski definition) is 1. The van der Waals surface area contributed by atoms with Gasteiger partial charge < -0.3 is 14.8 Å². The van der Waals surface area contributed by atoms with E-state index in [0.717, 1.165) is 5.56 Å². The van der Waals surface area contributed by atoms with Crippen molar-refractivity contribution in [2.45, 2.75) is 38.8 Å². The van der Waals surface area contributed by atoms with E-state index in [-0.39, 0.29) is 6.90 Å². The summed E-state index contributed by atoms with van der Waals surface area (Å²) in [7, 11) is 1.26. The van der Waals surface area contributed by atoms with Gasteiger partial charge in [0.15, 0.2) is 0 Å². The van der Waals surface area contributed by atoms with Gasteiger partial charge in [0.25, 0.3) is 0 Å². The molecule has 20 heavy (non-hydrogen) atoms. The van der Waals surface area contributed by atoms with E-state index in [4.69, 9.17) is 10.8 Å². The first kappa shape index (κ1) is 14.4. The zero-order chi connectivity index (χ0) is 15.9. The second kappa shape index (κ2) is 6.93. The summed E-state index contributed by atoms with van der Waals surface area (Å²) < 4.78 is 17.1. The first-order valence-electron chi connectivity index (χ1n) is 6.99. The van der Waals surface area contributed by atoms with Crippen LogP contribution < -0.4 is 5.32 Å². The van der Waals surface area contributed by atoms with Gasteiger partial charge in [0.2, 0.25) is 0 Å². The van der Waals surface area contributed by atoms with Crippen LogP contribution in [-0.4, -0.2) is 30.8 Å². The van der Waals surface area contributed by atoms with Gasteiger partial charge in [-0.3, -0.25) is 0 Å². The summed E-state index contributed by atoms with van der Waals surface area (Å²) >= 11 is 0. The SMILES string of the molecule is [2H]CC(C)(C)OC(=O)N[C@@H](Cc1ccccc1)C(=O)OC. The Hall–Kier alpha value is -2.04. The summed E-state index contributed by atoms with van der Waals surface area (Å²) in [6, 6.07) is 8.46. The van der Waals surface area contributed by atoms with Gasteiger partial charge in [0, 0.05) is 7.79 Å². The first-order valence-corrected chi connectivity index (χ1v) is 6.28. The van der Waals surface area contributed by atoms with Gasteiger partial charge in [0.1, 0.15) is 11.6 Å². The van der Waals surface area contributed by atoms with E-state index in [1.54, 1.807) is 13.8 Å². The van der Waals surface area contributed by atoms with E-state index in [1.807, 2.05) is 30.3 Å². The third-order valence-corrected chi connectivity index (χ3v) is 2.43. The van der Waals surface area contributed by atoms with Gasteiger partial charge in [-0.05, 0) is 26.3 Å². The summed E-state index contributed by atoms with van der Waals surface area (Å²) in [4.78, 5) is 23.6. The molecule has 1 atom stereocenters. The van der Waals surface area contributed by atoms with Crippen LogP contribution >= 0.6 is 0 Å². The Morgan fingerprint density at radius 1 is 1.35 bits per heavy atom. The van der Waals surface area contributed by atoms with Gasteiger partial charge >= 0.3 is 12.1 Å². The molecule has 0 saturated carbocycles. The van der Waals surface area contributed by atoms with E-state index in [9.17, 15) is 9.59 Å². The van der Waals surface area contributed by atoms with Gasteiger partial charge in [-0.25, -0.2) is 9.59 Å². The second-order valence-electron chi connectivity index (χ2n) is 5.06. The van der Waals surface area contributed by atoms with Crippen molar-refractivity contribution >= 4 is 12.1 Å². The molecule has 1 amide bonds. The lowest BCUT2D eigenvalue weighted by Gasteiger charge is -2.22. The Morgan fingerprint density at radius 3 is 2.55 bits per heavy atom. The summed E-state index contributed by atoms with van der Waals surface area (Å²) in [6.07, 6.45) is -0.428. The minimum atomic E-state index is -0.905. The zero-order valence-corrected chi connectivity index (χ0v) is 12.0. The van der Waals surface area contributed by atoms with Crippen LogP contribution in [0.4, 0.5) is 4.79 Å². The molecule has 5 nitrogen and oxygen atoms in total. The number of ether oxygens (including phenoxy) is 2. The maximum atomic E-state index is 11.8. The molecule has 1 N–H and O–H groups in total. The highest BCUT2D eigenvalue weighted by Crippen LogP contribution is 2.09. The quantitative estimate of drug-likeness (QED) is 0.859. The number of rotatable bonds is 4. The molecule has 0 aliphatic heterocycles. The Bertz CT molecular complexity index is 476. The van der Waals surface area contributed by atoms with E-state index in [1.165, 1.54) is 7.11 Å². The number of nitrogens with one attached hydrogen (secondary N) is 1. The zero-order valence-electron chi connectivity index (χ0n) is 13.0. The molecule has 0 fully saturated rings. The van der Waals surface area contributed by atoms with Crippen LogP contribution in [0.5, 0.6) is 0 Å². The maximum absolute atomic E-state index is 11.8. The van der Waals surface area contributed by atoms with Gasteiger partial charge in [-0.15, -0.1) is 0 Å². The fraction of sp³-hybridized carbons (Fsp3) is 0.467. The smallest absolute Gasteiger partial charge is 0.408 e. The molecule has 0 unspecified atom stereocenters. The molecule has 0 radical (unpaired) electrons. The average Bonchev–Trinajstić information content (AvgIpc) is 2.46. The first-order chi connectivity index (χ1) is 9.88. The van der Waals surface area contributed by atoms with Crippen molar-refractivity contribution in [3.63, 3.8) is 0 Å². The standard InChI is InChI=1S/C15H21NO4/c1-15(2,3)20-14(18)16-12(13(17)19-4)10-11-8-6-5-7-9-11/h5-9,12H,10H2,1-4H3,(H,16,18)/t12-/m0/s1/i1D. The minimum absolute atomic E-state index is 0.0675. The minimum Gasteiger partial charge on any atom is -0.467 e. The van der Waals surface area contributed by atoms with Crippen molar-refractivity contribution in [2.24, 2.45) is 0 Å². The third kappa shape index (κ3) is 5.73. The van der Waals surface area contributed by atoms with E-state index >= 15 is 0 Å². The number of alkyl carbamates (subject to hydrolysis) is 1. The lowest BCUT2D eigenvalue weighted by Crippen LogP contribution is -2.45. The molecule has 1 aromatic carbocycles. The molecule has 1 aromatic rings. The number of carbonyl (C=O) groups is 2. The lowest BCUT2D eigenvalue weighted by atomic mass is 10.1. The number of esters is 1. The van der Waals surface area contributed by atoms with Crippen molar-refractivity contribution < 1.29 is 20.4 Å². The molecule has 0 aliphatic rings. The number of carbonyl (C=O) groups excluding carboxylic acids is 2. The van der Waals surface area contributed by atoms with Crippen molar-refractivity contribution in [1.82, 2.24) is 5.32 Å². The van der Waals surface area contributed by atoms with Crippen molar-refractivity contribution in [3.8, 4) is 0 Å².